The highest BCUT2D eigenvalue weighted by atomic mass is 19.4. The Balaban J connectivity index is 2.06. The fourth-order valence-corrected chi connectivity index (χ4v) is 2.85. The average Bonchev–Trinajstić information content (AvgIpc) is 3.08. The van der Waals surface area contributed by atoms with E-state index >= 15 is 0 Å². The Hall–Kier alpha value is -3.04. The summed E-state index contributed by atoms with van der Waals surface area (Å²) >= 11 is 0. The highest BCUT2D eigenvalue weighted by Gasteiger charge is 2.37. The van der Waals surface area contributed by atoms with E-state index in [1.54, 1.807) is 12.1 Å². The van der Waals surface area contributed by atoms with E-state index in [1.165, 1.54) is 10.9 Å². The maximum atomic E-state index is 13.1. The Bertz CT molecular complexity index is 972. The van der Waals surface area contributed by atoms with E-state index in [0.29, 0.717) is 17.8 Å². The topological polar surface area (TPSA) is 42.7 Å². The van der Waals surface area contributed by atoms with Crippen molar-refractivity contribution < 1.29 is 26.3 Å². The molecule has 0 aliphatic heterocycles. The van der Waals surface area contributed by atoms with Gasteiger partial charge in [-0.05, 0) is 35.7 Å². The van der Waals surface area contributed by atoms with Crippen LogP contribution in [0, 0.1) is 0 Å². The molecule has 29 heavy (non-hydrogen) atoms. The minimum absolute atomic E-state index is 0.00875. The van der Waals surface area contributed by atoms with Crippen molar-refractivity contribution >= 4 is 11.6 Å². The Morgan fingerprint density at radius 2 is 1.48 bits per heavy atom. The van der Waals surface area contributed by atoms with Crippen LogP contribution in [-0.2, 0) is 12.4 Å². The van der Waals surface area contributed by atoms with Gasteiger partial charge in [0.2, 0.25) is 5.95 Å². The molecule has 0 amide bonds. The van der Waals surface area contributed by atoms with Crippen molar-refractivity contribution in [2.75, 3.05) is 5.32 Å². The van der Waals surface area contributed by atoms with Crippen molar-refractivity contribution in [2.45, 2.75) is 32.1 Å². The Morgan fingerprint density at radius 1 is 0.897 bits per heavy atom. The highest BCUT2D eigenvalue weighted by molar-refractivity contribution is 5.59. The van der Waals surface area contributed by atoms with Crippen molar-refractivity contribution in [3.63, 3.8) is 0 Å². The first kappa shape index (κ1) is 20.7. The highest BCUT2D eigenvalue weighted by Crippen LogP contribution is 2.38. The summed E-state index contributed by atoms with van der Waals surface area (Å²) in [6, 6.07) is 8.50. The van der Waals surface area contributed by atoms with Crippen molar-refractivity contribution in [3.05, 3.63) is 65.5 Å². The van der Waals surface area contributed by atoms with Crippen LogP contribution in [0.1, 0.15) is 36.5 Å². The molecule has 0 saturated carbocycles. The molecule has 0 saturated heterocycles. The summed E-state index contributed by atoms with van der Waals surface area (Å²) in [5.41, 5.74) is -1.65. The normalized spacial score (nSPS) is 12.4. The van der Waals surface area contributed by atoms with Gasteiger partial charge in [0.1, 0.15) is 6.33 Å². The smallest absolute Gasteiger partial charge is 0.324 e. The Labute approximate surface area is 162 Å². The van der Waals surface area contributed by atoms with Gasteiger partial charge < -0.3 is 5.32 Å². The predicted molar refractivity (Wildman–Crippen MR) is 95.2 cm³/mol. The van der Waals surface area contributed by atoms with Crippen LogP contribution < -0.4 is 5.32 Å². The Kier molecular flexibility index (Phi) is 5.29. The lowest BCUT2D eigenvalue weighted by Crippen LogP contribution is -2.12. The van der Waals surface area contributed by atoms with E-state index < -0.39 is 29.2 Å². The van der Waals surface area contributed by atoms with E-state index in [4.69, 9.17) is 0 Å². The number of para-hydroxylation sites is 1. The summed E-state index contributed by atoms with van der Waals surface area (Å²) in [6.45, 7) is 3.91. The molecule has 0 bridgehead atoms. The number of benzene rings is 2. The first-order chi connectivity index (χ1) is 13.5. The van der Waals surface area contributed by atoms with Crippen LogP contribution in [-0.4, -0.2) is 14.8 Å². The second-order valence-electron chi connectivity index (χ2n) is 6.66. The summed E-state index contributed by atoms with van der Waals surface area (Å²) in [5.74, 6) is 0.109. The second kappa shape index (κ2) is 7.41. The molecule has 1 N–H and O–H groups in total. The molecule has 0 aliphatic carbocycles. The van der Waals surface area contributed by atoms with Crippen molar-refractivity contribution in [1.82, 2.24) is 14.8 Å². The van der Waals surface area contributed by atoms with E-state index in [-0.39, 0.29) is 17.9 Å². The number of alkyl halides is 6. The zero-order chi connectivity index (χ0) is 21.4. The van der Waals surface area contributed by atoms with Gasteiger partial charge in [-0.2, -0.15) is 26.3 Å². The number of aromatic nitrogens is 3. The van der Waals surface area contributed by atoms with Gasteiger partial charge in [0.05, 0.1) is 16.8 Å². The molecule has 0 spiro atoms. The van der Waals surface area contributed by atoms with Crippen LogP contribution in [0.25, 0.3) is 5.69 Å². The van der Waals surface area contributed by atoms with Gasteiger partial charge in [0.25, 0.3) is 0 Å². The van der Waals surface area contributed by atoms with Gasteiger partial charge in [-0.25, -0.2) is 0 Å². The zero-order valence-corrected chi connectivity index (χ0v) is 15.3. The fourth-order valence-electron chi connectivity index (χ4n) is 2.85. The van der Waals surface area contributed by atoms with Crippen LogP contribution >= 0.6 is 0 Å². The first-order valence-electron chi connectivity index (χ1n) is 8.52. The summed E-state index contributed by atoms with van der Waals surface area (Å²) in [7, 11) is 0. The molecular weight excluding hydrogens is 398 g/mol. The molecule has 0 unspecified atom stereocenters. The van der Waals surface area contributed by atoms with Gasteiger partial charge in [-0.15, -0.1) is 10.2 Å². The number of hydrogen-bond donors (Lipinski definition) is 1. The number of anilines is 2. The molecule has 4 nitrogen and oxygen atoms in total. The standard InChI is InChI=1S/C19H16F6N4/c1-11(2)15-5-3-4-6-16(15)29-10-26-28-17(29)27-14-8-12(18(20,21)22)7-13(9-14)19(23,24)25/h3-11H,1-2H3,(H,27,28). The van der Waals surface area contributed by atoms with Crippen molar-refractivity contribution in [2.24, 2.45) is 0 Å². The summed E-state index contributed by atoms with van der Waals surface area (Å²) in [4.78, 5) is 0. The van der Waals surface area contributed by atoms with E-state index in [2.05, 4.69) is 15.5 Å². The summed E-state index contributed by atoms with van der Waals surface area (Å²) in [6.07, 6.45) is -8.53. The lowest BCUT2D eigenvalue weighted by Gasteiger charge is -2.17. The van der Waals surface area contributed by atoms with Gasteiger partial charge in [-0.3, -0.25) is 4.57 Å². The molecule has 1 heterocycles. The summed E-state index contributed by atoms with van der Waals surface area (Å²) < 4.78 is 79.9. The van der Waals surface area contributed by atoms with E-state index in [0.717, 1.165) is 5.56 Å². The largest absolute Gasteiger partial charge is 0.416 e. The molecule has 154 valence electrons. The van der Waals surface area contributed by atoms with E-state index in [9.17, 15) is 26.3 Å². The van der Waals surface area contributed by atoms with Gasteiger partial charge in [-0.1, -0.05) is 32.0 Å². The van der Waals surface area contributed by atoms with Crippen LogP contribution in [0.4, 0.5) is 38.0 Å². The molecule has 0 fully saturated rings. The number of halogens is 6. The third-order valence-corrected chi connectivity index (χ3v) is 4.21. The fraction of sp³-hybridized carbons (Fsp3) is 0.263. The number of rotatable bonds is 4. The monoisotopic (exact) mass is 414 g/mol. The molecule has 2 aromatic carbocycles. The molecule has 10 heteroatoms. The molecule has 3 aromatic rings. The predicted octanol–water partition coefficient (Wildman–Crippen LogP) is 6.17. The summed E-state index contributed by atoms with van der Waals surface area (Å²) in [5, 5.41) is 10.1. The van der Waals surface area contributed by atoms with E-state index in [1.807, 2.05) is 26.0 Å². The molecule has 1 aromatic heterocycles. The van der Waals surface area contributed by atoms with Crippen LogP contribution in [0.2, 0.25) is 0 Å². The van der Waals surface area contributed by atoms with Gasteiger partial charge in [0, 0.05) is 5.69 Å². The molecule has 3 rings (SSSR count). The van der Waals surface area contributed by atoms with Crippen LogP contribution in [0.15, 0.2) is 48.8 Å². The maximum Gasteiger partial charge on any atom is 0.416 e. The quantitative estimate of drug-likeness (QED) is 0.519. The second-order valence-corrected chi connectivity index (χ2v) is 6.66. The average molecular weight is 414 g/mol. The van der Waals surface area contributed by atoms with Crippen molar-refractivity contribution in [1.29, 1.82) is 0 Å². The molecular formula is C19H16F6N4. The lowest BCUT2D eigenvalue weighted by atomic mass is 10.0. The SMILES string of the molecule is CC(C)c1ccccc1-n1cnnc1Nc1cc(C(F)(F)F)cc(C(F)(F)F)c1. The van der Waals surface area contributed by atoms with Gasteiger partial charge >= 0.3 is 12.4 Å². The lowest BCUT2D eigenvalue weighted by molar-refractivity contribution is -0.143. The number of nitrogens with zero attached hydrogens (tertiary/aromatic N) is 3. The minimum Gasteiger partial charge on any atom is -0.324 e. The number of nitrogens with one attached hydrogen (secondary N) is 1. The zero-order valence-electron chi connectivity index (χ0n) is 15.3. The Morgan fingerprint density at radius 3 is 2.03 bits per heavy atom. The van der Waals surface area contributed by atoms with Crippen molar-refractivity contribution in [3.8, 4) is 5.69 Å². The minimum atomic E-state index is -4.93. The first-order valence-corrected chi connectivity index (χ1v) is 8.52. The third-order valence-electron chi connectivity index (χ3n) is 4.21. The van der Waals surface area contributed by atoms with Gasteiger partial charge in [0.15, 0.2) is 0 Å². The van der Waals surface area contributed by atoms with Crippen LogP contribution in [0.3, 0.4) is 0 Å². The third kappa shape index (κ3) is 4.52. The maximum absolute atomic E-state index is 13.1. The molecule has 0 radical (unpaired) electrons. The molecule has 0 atom stereocenters. The molecule has 0 aliphatic rings. The number of hydrogen-bond acceptors (Lipinski definition) is 3. The van der Waals surface area contributed by atoms with Crippen LogP contribution in [0.5, 0.6) is 0 Å².